The number of amides is 1. The molecular formula is C14H16N2O3. The molecule has 5 nitrogen and oxygen atoms in total. The first-order valence-corrected chi connectivity index (χ1v) is 5.91. The molecule has 1 amide bonds. The summed E-state index contributed by atoms with van der Waals surface area (Å²) >= 11 is 0. The van der Waals surface area contributed by atoms with Gasteiger partial charge in [-0.3, -0.25) is 9.59 Å². The maximum atomic E-state index is 12.1. The zero-order valence-corrected chi connectivity index (χ0v) is 11.0. The quantitative estimate of drug-likeness (QED) is 0.754. The van der Waals surface area contributed by atoms with Gasteiger partial charge in [-0.05, 0) is 24.6 Å². The van der Waals surface area contributed by atoms with E-state index in [1.807, 2.05) is 6.07 Å². The molecular weight excluding hydrogens is 244 g/mol. The van der Waals surface area contributed by atoms with Crippen molar-refractivity contribution in [3.63, 3.8) is 0 Å². The number of nitriles is 1. The molecule has 0 aliphatic rings. The number of benzene rings is 1. The van der Waals surface area contributed by atoms with Gasteiger partial charge >= 0.3 is 5.97 Å². The number of methoxy groups -OCH3 is 1. The van der Waals surface area contributed by atoms with Crippen molar-refractivity contribution in [3.8, 4) is 6.07 Å². The minimum Gasteiger partial charge on any atom is -0.469 e. The monoisotopic (exact) mass is 260 g/mol. The van der Waals surface area contributed by atoms with Crippen LogP contribution >= 0.6 is 0 Å². The summed E-state index contributed by atoms with van der Waals surface area (Å²) in [5, 5.41) is 8.79. The van der Waals surface area contributed by atoms with Gasteiger partial charge in [0.2, 0.25) is 0 Å². The van der Waals surface area contributed by atoms with E-state index >= 15 is 0 Å². The molecule has 0 fully saturated rings. The average Bonchev–Trinajstić information content (AvgIpc) is 2.46. The van der Waals surface area contributed by atoms with E-state index in [2.05, 4.69) is 4.74 Å². The Bertz CT molecular complexity index is 506. The van der Waals surface area contributed by atoms with Gasteiger partial charge in [0.1, 0.15) is 0 Å². The Balaban J connectivity index is 2.57. The lowest BCUT2D eigenvalue weighted by molar-refractivity contribution is -0.140. The standard InChI is InChI=1S/C14H16N2O3/c1-16(8-4-7-13(17)19-2)14(18)12-6-3-5-11(9-12)10-15/h3,5-6,9H,4,7-8H2,1-2H3. The maximum absolute atomic E-state index is 12.1. The Hall–Kier alpha value is -2.35. The smallest absolute Gasteiger partial charge is 0.305 e. The molecule has 0 aliphatic carbocycles. The van der Waals surface area contributed by atoms with E-state index in [1.54, 1.807) is 31.3 Å². The first-order chi connectivity index (χ1) is 9.08. The Kier molecular flexibility index (Phi) is 5.55. The fourth-order valence-corrected chi connectivity index (χ4v) is 1.61. The number of nitrogens with zero attached hydrogens (tertiary/aromatic N) is 2. The number of carbonyl (C=O) groups is 2. The molecule has 0 aliphatic heterocycles. The largest absolute Gasteiger partial charge is 0.469 e. The Morgan fingerprint density at radius 2 is 2.16 bits per heavy atom. The van der Waals surface area contributed by atoms with E-state index in [9.17, 15) is 9.59 Å². The van der Waals surface area contributed by atoms with E-state index in [0.29, 0.717) is 24.1 Å². The van der Waals surface area contributed by atoms with Crippen molar-refractivity contribution in [2.75, 3.05) is 20.7 Å². The predicted octanol–water partition coefficient (Wildman–Crippen LogP) is 1.58. The van der Waals surface area contributed by atoms with Gasteiger partial charge < -0.3 is 9.64 Å². The summed E-state index contributed by atoms with van der Waals surface area (Å²) < 4.78 is 4.53. The molecule has 19 heavy (non-hydrogen) atoms. The first kappa shape index (κ1) is 14.7. The number of rotatable bonds is 5. The maximum Gasteiger partial charge on any atom is 0.305 e. The van der Waals surface area contributed by atoms with E-state index in [1.165, 1.54) is 12.0 Å². The van der Waals surface area contributed by atoms with Crippen LogP contribution in [0, 0.1) is 11.3 Å². The Morgan fingerprint density at radius 1 is 1.42 bits per heavy atom. The molecule has 5 heteroatoms. The average molecular weight is 260 g/mol. The van der Waals surface area contributed by atoms with E-state index < -0.39 is 0 Å². The van der Waals surface area contributed by atoms with Crippen LogP contribution in [0.25, 0.3) is 0 Å². The molecule has 1 aromatic carbocycles. The van der Waals surface area contributed by atoms with E-state index in [4.69, 9.17) is 5.26 Å². The minimum absolute atomic E-state index is 0.165. The fraction of sp³-hybridized carbons (Fsp3) is 0.357. The van der Waals surface area contributed by atoms with Crippen LogP contribution in [0.3, 0.4) is 0 Å². The summed E-state index contributed by atoms with van der Waals surface area (Å²) in [6.07, 6.45) is 0.833. The third kappa shape index (κ3) is 4.43. The highest BCUT2D eigenvalue weighted by molar-refractivity contribution is 5.94. The minimum atomic E-state index is -0.285. The molecule has 1 rings (SSSR count). The lowest BCUT2D eigenvalue weighted by atomic mass is 10.1. The second-order valence-corrected chi connectivity index (χ2v) is 4.10. The van der Waals surface area contributed by atoms with Crippen molar-refractivity contribution in [3.05, 3.63) is 35.4 Å². The van der Waals surface area contributed by atoms with Crippen LogP contribution in [0.2, 0.25) is 0 Å². The van der Waals surface area contributed by atoms with Gasteiger partial charge in [-0.1, -0.05) is 6.07 Å². The van der Waals surface area contributed by atoms with Gasteiger partial charge in [0, 0.05) is 25.6 Å². The first-order valence-electron chi connectivity index (χ1n) is 5.91. The van der Waals surface area contributed by atoms with E-state index in [-0.39, 0.29) is 18.3 Å². The van der Waals surface area contributed by atoms with Crippen LogP contribution in [0.1, 0.15) is 28.8 Å². The van der Waals surface area contributed by atoms with Crippen molar-refractivity contribution in [1.82, 2.24) is 4.90 Å². The summed E-state index contributed by atoms with van der Waals surface area (Å²) in [7, 11) is 3.00. The Labute approximate surface area is 112 Å². The van der Waals surface area contributed by atoms with E-state index in [0.717, 1.165) is 0 Å². The number of hydrogen-bond acceptors (Lipinski definition) is 4. The van der Waals surface area contributed by atoms with Crippen LogP contribution in [0.15, 0.2) is 24.3 Å². The summed E-state index contributed by atoms with van der Waals surface area (Å²) in [6, 6.07) is 8.54. The molecule has 0 radical (unpaired) electrons. The fourth-order valence-electron chi connectivity index (χ4n) is 1.61. The molecule has 0 atom stereocenters. The van der Waals surface area contributed by atoms with Crippen molar-refractivity contribution in [1.29, 1.82) is 5.26 Å². The summed E-state index contributed by atoms with van der Waals surface area (Å²) in [5.74, 6) is -0.450. The van der Waals surface area contributed by atoms with Crippen LogP contribution in [-0.4, -0.2) is 37.5 Å². The number of hydrogen-bond donors (Lipinski definition) is 0. The third-order valence-electron chi connectivity index (χ3n) is 2.69. The summed E-state index contributed by atoms with van der Waals surface area (Å²) in [6.45, 7) is 0.463. The molecule has 0 N–H and O–H groups in total. The van der Waals surface area contributed by atoms with Gasteiger partial charge in [0.05, 0.1) is 18.7 Å². The summed E-state index contributed by atoms with van der Waals surface area (Å²) in [5.41, 5.74) is 0.924. The molecule has 100 valence electrons. The zero-order valence-electron chi connectivity index (χ0n) is 11.0. The topological polar surface area (TPSA) is 70.4 Å². The van der Waals surface area contributed by atoms with Crippen LogP contribution in [0.5, 0.6) is 0 Å². The zero-order chi connectivity index (χ0) is 14.3. The molecule has 0 saturated carbocycles. The lowest BCUT2D eigenvalue weighted by Crippen LogP contribution is -2.28. The molecule has 1 aromatic rings. The van der Waals surface area contributed by atoms with Crippen molar-refractivity contribution in [2.45, 2.75) is 12.8 Å². The van der Waals surface area contributed by atoms with Gasteiger partial charge in [0.25, 0.3) is 5.91 Å². The number of ether oxygens (including phenoxy) is 1. The van der Waals surface area contributed by atoms with Crippen LogP contribution < -0.4 is 0 Å². The van der Waals surface area contributed by atoms with Crippen molar-refractivity contribution < 1.29 is 14.3 Å². The molecule has 0 bridgehead atoms. The second kappa shape index (κ2) is 7.17. The van der Waals surface area contributed by atoms with Crippen molar-refractivity contribution >= 4 is 11.9 Å². The predicted molar refractivity (Wildman–Crippen MR) is 69.4 cm³/mol. The number of carbonyl (C=O) groups excluding carboxylic acids is 2. The molecule has 0 heterocycles. The Morgan fingerprint density at radius 3 is 2.79 bits per heavy atom. The lowest BCUT2D eigenvalue weighted by Gasteiger charge is -2.16. The molecule has 0 aromatic heterocycles. The normalized spacial score (nSPS) is 9.53. The van der Waals surface area contributed by atoms with Gasteiger partial charge in [-0.25, -0.2) is 0 Å². The van der Waals surface area contributed by atoms with Gasteiger partial charge in [0.15, 0.2) is 0 Å². The highest BCUT2D eigenvalue weighted by atomic mass is 16.5. The summed E-state index contributed by atoms with van der Waals surface area (Å²) in [4.78, 5) is 24.5. The van der Waals surface area contributed by atoms with Gasteiger partial charge in [-0.15, -0.1) is 0 Å². The third-order valence-corrected chi connectivity index (χ3v) is 2.69. The van der Waals surface area contributed by atoms with Gasteiger partial charge in [-0.2, -0.15) is 5.26 Å². The highest BCUT2D eigenvalue weighted by Gasteiger charge is 2.12. The van der Waals surface area contributed by atoms with Crippen LogP contribution in [0.4, 0.5) is 0 Å². The SMILES string of the molecule is COC(=O)CCCN(C)C(=O)c1cccc(C#N)c1. The second-order valence-electron chi connectivity index (χ2n) is 4.10. The van der Waals surface area contributed by atoms with Crippen molar-refractivity contribution in [2.24, 2.45) is 0 Å². The molecule has 0 spiro atoms. The highest BCUT2D eigenvalue weighted by Crippen LogP contribution is 2.08. The molecule has 0 saturated heterocycles. The molecule has 0 unspecified atom stereocenters. The number of esters is 1. The van der Waals surface area contributed by atoms with Crippen LogP contribution in [-0.2, 0) is 9.53 Å².